The lowest BCUT2D eigenvalue weighted by molar-refractivity contribution is 0.174. The van der Waals surface area contributed by atoms with Crippen LogP contribution in [0.2, 0.25) is 0 Å². The lowest BCUT2D eigenvalue weighted by atomic mass is 9.83. The van der Waals surface area contributed by atoms with E-state index in [0.717, 1.165) is 0 Å². The van der Waals surface area contributed by atoms with Gasteiger partial charge in [-0.1, -0.05) is 31.5 Å². The molecule has 100 valence electrons. The second-order valence-corrected chi connectivity index (χ2v) is 6.25. The number of hydrogen-bond acceptors (Lipinski definition) is 1. The minimum Gasteiger partial charge on any atom is -0.392 e. The maximum absolute atomic E-state index is 9.67. The molecule has 1 aromatic carbocycles. The summed E-state index contributed by atoms with van der Waals surface area (Å²) >= 11 is 0. The molecule has 0 bridgehead atoms. The number of aliphatic hydroxyl groups excluding tert-OH is 1. The number of rotatable bonds is 2. The van der Waals surface area contributed by atoms with E-state index in [1.807, 2.05) is 6.92 Å². The minimum absolute atomic E-state index is 0.0578. The molecule has 19 heavy (non-hydrogen) atoms. The van der Waals surface area contributed by atoms with Crippen LogP contribution >= 0.6 is 0 Å². The van der Waals surface area contributed by atoms with Crippen LogP contribution in [-0.4, -0.2) is 15.8 Å². The molecule has 1 aliphatic carbocycles. The van der Waals surface area contributed by atoms with Crippen molar-refractivity contribution < 1.29 is 5.11 Å². The Kier molecular flexibility index (Phi) is 2.61. The fraction of sp³-hybridized carbons (Fsp3) is 0.412. The van der Waals surface area contributed by atoms with Crippen molar-refractivity contribution in [3.05, 3.63) is 47.2 Å². The van der Waals surface area contributed by atoms with Crippen LogP contribution in [0.5, 0.6) is 0 Å². The first-order chi connectivity index (χ1) is 8.91. The number of aromatic nitrogens is 1. The van der Waals surface area contributed by atoms with Gasteiger partial charge in [0.25, 0.3) is 0 Å². The molecule has 2 heteroatoms. The average molecular weight is 255 g/mol. The third kappa shape index (κ3) is 1.74. The lowest BCUT2D eigenvalue weighted by Gasteiger charge is -2.20. The smallest absolute Gasteiger partial charge is 0.0691 e. The quantitative estimate of drug-likeness (QED) is 0.873. The highest BCUT2D eigenvalue weighted by Crippen LogP contribution is 2.49. The van der Waals surface area contributed by atoms with Crippen LogP contribution in [0.25, 0.3) is 11.3 Å². The molecule has 0 spiro atoms. The van der Waals surface area contributed by atoms with Crippen molar-refractivity contribution in [1.82, 2.24) is 4.57 Å². The number of fused-ring (bicyclic) bond motifs is 3. The number of aliphatic hydroxyl groups is 1. The Morgan fingerprint density at radius 2 is 1.95 bits per heavy atom. The Labute approximate surface area is 114 Å². The molecule has 2 nitrogen and oxygen atoms in total. The molecular weight excluding hydrogens is 234 g/mol. The van der Waals surface area contributed by atoms with Gasteiger partial charge in [0.05, 0.1) is 11.8 Å². The maximum atomic E-state index is 9.67. The molecule has 0 saturated carbocycles. The normalized spacial score (nSPS) is 17.1. The summed E-state index contributed by atoms with van der Waals surface area (Å²) in [5.41, 5.74) is 6.71. The van der Waals surface area contributed by atoms with Crippen molar-refractivity contribution in [2.75, 3.05) is 0 Å². The van der Waals surface area contributed by atoms with Crippen molar-refractivity contribution in [3.63, 3.8) is 0 Å². The van der Waals surface area contributed by atoms with Crippen LogP contribution < -0.4 is 0 Å². The third-order valence-electron chi connectivity index (χ3n) is 4.20. The van der Waals surface area contributed by atoms with Crippen LogP contribution in [0, 0.1) is 6.92 Å². The van der Waals surface area contributed by atoms with E-state index < -0.39 is 0 Å². The zero-order valence-corrected chi connectivity index (χ0v) is 12.1. The number of nitrogens with zero attached hydrogens (tertiary/aromatic N) is 1. The number of aryl methyl sites for hydroxylation is 1. The molecule has 3 rings (SSSR count). The first-order valence-electron chi connectivity index (χ1n) is 6.90. The number of hydrogen-bond donors (Lipinski definition) is 1. The van der Waals surface area contributed by atoms with Crippen molar-refractivity contribution in [1.29, 1.82) is 0 Å². The third-order valence-corrected chi connectivity index (χ3v) is 4.20. The van der Waals surface area contributed by atoms with Crippen LogP contribution in [-0.2, 0) is 12.0 Å². The van der Waals surface area contributed by atoms with E-state index in [-0.39, 0.29) is 11.5 Å². The standard InChI is InChI=1S/C17H21NO/c1-11-5-6-14-13(9-11)16-15(17(14,3)4)7-8-18(16)10-12(2)19/h5-9,12,19H,10H2,1-4H3/t12-/m0/s1. The van der Waals surface area contributed by atoms with Gasteiger partial charge in [0.15, 0.2) is 0 Å². The Morgan fingerprint density at radius 3 is 2.63 bits per heavy atom. The zero-order valence-electron chi connectivity index (χ0n) is 12.1. The molecular formula is C17H21NO. The van der Waals surface area contributed by atoms with Gasteiger partial charge in [0.1, 0.15) is 0 Å². The topological polar surface area (TPSA) is 25.2 Å². The maximum Gasteiger partial charge on any atom is 0.0691 e. The van der Waals surface area contributed by atoms with Crippen molar-refractivity contribution in [2.24, 2.45) is 0 Å². The molecule has 0 fully saturated rings. The van der Waals surface area contributed by atoms with Gasteiger partial charge in [0.2, 0.25) is 0 Å². The van der Waals surface area contributed by atoms with Crippen LogP contribution in [0.4, 0.5) is 0 Å². The van der Waals surface area contributed by atoms with Crippen LogP contribution in [0.3, 0.4) is 0 Å². The summed E-state index contributed by atoms with van der Waals surface area (Å²) in [5, 5.41) is 9.67. The summed E-state index contributed by atoms with van der Waals surface area (Å²) in [5.74, 6) is 0. The summed E-state index contributed by atoms with van der Waals surface area (Å²) in [6.07, 6.45) is 1.78. The van der Waals surface area contributed by atoms with Gasteiger partial charge in [-0.25, -0.2) is 0 Å². The summed E-state index contributed by atoms with van der Waals surface area (Å²) < 4.78 is 2.19. The molecule has 2 aromatic rings. The highest BCUT2D eigenvalue weighted by atomic mass is 16.3. The highest BCUT2D eigenvalue weighted by Gasteiger charge is 2.37. The van der Waals surface area contributed by atoms with E-state index in [2.05, 4.69) is 55.8 Å². The number of benzene rings is 1. The van der Waals surface area contributed by atoms with Crippen molar-refractivity contribution >= 4 is 0 Å². The second-order valence-electron chi connectivity index (χ2n) is 6.25. The van der Waals surface area contributed by atoms with E-state index in [1.54, 1.807) is 0 Å². The molecule has 0 saturated heterocycles. The highest BCUT2D eigenvalue weighted by molar-refractivity contribution is 5.79. The molecule has 1 N–H and O–H groups in total. The summed E-state index contributed by atoms with van der Waals surface area (Å²) in [6.45, 7) is 9.18. The Balaban J connectivity index is 2.24. The largest absolute Gasteiger partial charge is 0.392 e. The predicted octanol–water partition coefficient (Wildman–Crippen LogP) is 3.48. The van der Waals surface area contributed by atoms with Crippen molar-refractivity contribution in [3.8, 4) is 11.3 Å². The fourth-order valence-corrected chi connectivity index (χ4v) is 3.26. The summed E-state index contributed by atoms with van der Waals surface area (Å²) in [7, 11) is 0. The van der Waals surface area contributed by atoms with E-state index in [1.165, 1.54) is 27.9 Å². The summed E-state index contributed by atoms with van der Waals surface area (Å²) in [6, 6.07) is 8.90. The monoisotopic (exact) mass is 255 g/mol. The molecule has 0 aliphatic heterocycles. The second kappa shape index (κ2) is 3.97. The fourth-order valence-electron chi connectivity index (χ4n) is 3.26. The van der Waals surface area contributed by atoms with E-state index in [0.29, 0.717) is 6.54 Å². The molecule has 1 aromatic heterocycles. The van der Waals surface area contributed by atoms with Gasteiger partial charge in [-0.15, -0.1) is 0 Å². The minimum atomic E-state index is -0.325. The Morgan fingerprint density at radius 1 is 1.21 bits per heavy atom. The first kappa shape index (κ1) is 12.5. The first-order valence-corrected chi connectivity index (χ1v) is 6.90. The molecule has 0 radical (unpaired) electrons. The molecule has 0 unspecified atom stereocenters. The average Bonchev–Trinajstić information content (AvgIpc) is 2.79. The summed E-state index contributed by atoms with van der Waals surface area (Å²) in [4.78, 5) is 0. The molecule has 1 aliphatic rings. The van der Waals surface area contributed by atoms with E-state index >= 15 is 0 Å². The van der Waals surface area contributed by atoms with Gasteiger partial charge in [-0.05, 0) is 37.1 Å². The molecule has 1 atom stereocenters. The Bertz CT molecular complexity index is 635. The molecule has 1 heterocycles. The zero-order chi connectivity index (χ0) is 13.8. The van der Waals surface area contributed by atoms with Gasteiger partial charge >= 0.3 is 0 Å². The predicted molar refractivity (Wildman–Crippen MR) is 78.4 cm³/mol. The van der Waals surface area contributed by atoms with E-state index in [4.69, 9.17) is 0 Å². The van der Waals surface area contributed by atoms with Gasteiger partial charge in [0, 0.05) is 23.7 Å². The SMILES string of the molecule is Cc1ccc2c(c1)-c1c(ccn1C[C@H](C)O)C2(C)C. The van der Waals surface area contributed by atoms with Gasteiger partial charge in [-0.3, -0.25) is 0 Å². The molecule has 0 amide bonds. The van der Waals surface area contributed by atoms with E-state index in [9.17, 15) is 5.11 Å². The lowest BCUT2D eigenvalue weighted by Crippen LogP contribution is -2.14. The van der Waals surface area contributed by atoms with Crippen LogP contribution in [0.1, 0.15) is 37.5 Å². The van der Waals surface area contributed by atoms with Crippen LogP contribution in [0.15, 0.2) is 30.5 Å². The Hall–Kier alpha value is -1.54. The van der Waals surface area contributed by atoms with Gasteiger partial charge in [-0.2, -0.15) is 0 Å². The van der Waals surface area contributed by atoms with Crippen molar-refractivity contribution in [2.45, 2.75) is 45.8 Å². The van der Waals surface area contributed by atoms with Gasteiger partial charge < -0.3 is 9.67 Å².